The van der Waals surface area contributed by atoms with Crippen LogP contribution in [-0.2, 0) is 4.79 Å². The summed E-state index contributed by atoms with van der Waals surface area (Å²) < 4.78 is 0. The Balaban J connectivity index is 2.30. The van der Waals surface area contributed by atoms with E-state index in [1.54, 1.807) is 0 Å². The van der Waals surface area contributed by atoms with Crippen LogP contribution in [0.1, 0.15) is 19.8 Å². The van der Waals surface area contributed by atoms with Gasteiger partial charge in [0, 0.05) is 39.1 Å². The summed E-state index contributed by atoms with van der Waals surface area (Å²) in [6, 6.07) is 0. The van der Waals surface area contributed by atoms with E-state index in [9.17, 15) is 4.79 Å². The maximum absolute atomic E-state index is 12.0. The number of amides is 1. The van der Waals surface area contributed by atoms with E-state index in [0.717, 1.165) is 32.6 Å². The number of hydrogen-bond donors (Lipinski definition) is 2. The molecule has 0 aromatic carbocycles. The first kappa shape index (κ1) is 14.4. The van der Waals surface area contributed by atoms with Crippen molar-refractivity contribution in [3.05, 3.63) is 0 Å². The molecule has 1 aliphatic heterocycles. The van der Waals surface area contributed by atoms with Crippen molar-refractivity contribution in [1.82, 2.24) is 9.80 Å². The second kappa shape index (κ2) is 7.63. The Hall–Kier alpha value is -0.650. The van der Waals surface area contributed by atoms with Crippen molar-refractivity contribution >= 4 is 5.91 Å². The molecule has 1 saturated heterocycles. The highest BCUT2D eigenvalue weighted by atomic mass is 16.3. The quantitative estimate of drug-likeness (QED) is 0.660. The Bertz CT molecular complexity index is 224. The van der Waals surface area contributed by atoms with Gasteiger partial charge in [0.25, 0.3) is 0 Å². The topological polar surface area (TPSA) is 69.8 Å². The number of rotatable bonds is 6. The molecule has 17 heavy (non-hydrogen) atoms. The third-order valence-corrected chi connectivity index (χ3v) is 3.52. The van der Waals surface area contributed by atoms with Crippen molar-refractivity contribution in [2.75, 3.05) is 45.9 Å². The van der Waals surface area contributed by atoms with Crippen molar-refractivity contribution in [1.29, 1.82) is 0 Å². The Morgan fingerprint density at radius 3 is 2.47 bits per heavy atom. The normalized spacial score (nSPS) is 19.4. The minimum atomic E-state index is 0.193. The predicted octanol–water partition coefficient (Wildman–Crippen LogP) is -0.502. The fourth-order valence-electron chi connectivity index (χ4n) is 2.13. The summed E-state index contributed by atoms with van der Waals surface area (Å²) in [5.41, 5.74) is 5.62. The lowest BCUT2D eigenvalue weighted by Gasteiger charge is -2.35. The summed E-state index contributed by atoms with van der Waals surface area (Å²) >= 11 is 0. The molecule has 0 aromatic heterocycles. The van der Waals surface area contributed by atoms with E-state index in [1.165, 1.54) is 0 Å². The van der Waals surface area contributed by atoms with Gasteiger partial charge in [0.15, 0.2) is 0 Å². The minimum Gasteiger partial charge on any atom is -0.395 e. The van der Waals surface area contributed by atoms with E-state index < -0.39 is 0 Å². The van der Waals surface area contributed by atoms with Gasteiger partial charge < -0.3 is 15.7 Å². The molecule has 0 aromatic rings. The lowest BCUT2D eigenvalue weighted by atomic mass is 10.0. The number of piperazine rings is 1. The minimum absolute atomic E-state index is 0.193. The van der Waals surface area contributed by atoms with Crippen molar-refractivity contribution in [3.63, 3.8) is 0 Å². The van der Waals surface area contributed by atoms with Gasteiger partial charge in [-0.3, -0.25) is 9.69 Å². The second-order valence-corrected chi connectivity index (χ2v) is 4.66. The molecule has 5 nitrogen and oxygen atoms in total. The number of nitrogens with two attached hydrogens (primary N) is 1. The van der Waals surface area contributed by atoms with Crippen LogP contribution in [0.2, 0.25) is 0 Å². The van der Waals surface area contributed by atoms with Crippen LogP contribution in [0.25, 0.3) is 0 Å². The third-order valence-electron chi connectivity index (χ3n) is 3.52. The van der Waals surface area contributed by atoms with Gasteiger partial charge in [-0.15, -0.1) is 0 Å². The average Bonchev–Trinajstić information content (AvgIpc) is 2.37. The van der Waals surface area contributed by atoms with Crippen LogP contribution in [0, 0.1) is 5.92 Å². The average molecular weight is 243 g/mol. The van der Waals surface area contributed by atoms with Crippen molar-refractivity contribution in [2.24, 2.45) is 11.7 Å². The number of carbonyl (C=O) groups excluding carboxylic acids is 1. The molecular weight excluding hydrogens is 218 g/mol. The van der Waals surface area contributed by atoms with Crippen LogP contribution in [0.15, 0.2) is 0 Å². The van der Waals surface area contributed by atoms with Gasteiger partial charge in [-0.05, 0) is 12.5 Å². The molecule has 100 valence electrons. The maximum atomic E-state index is 12.0. The molecular formula is C12H25N3O2. The van der Waals surface area contributed by atoms with E-state index in [1.807, 2.05) is 4.90 Å². The predicted molar refractivity (Wildman–Crippen MR) is 67.6 cm³/mol. The van der Waals surface area contributed by atoms with Gasteiger partial charge in [-0.25, -0.2) is 0 Å². The Morgan fingerprint density at radius 2 is 2.00 bits per heavy atom. The fourth-order valence-corrected chi connectivity index (χ4v) is 2.13. The lowest BCUT2D eigenvalue weighted by molar-refractivity contribution is -0.134. The standard InChI is InChI=1S/C12H25N3O2/c1-2-11(10-13)9-12(17)15-5-3-14(4-6-15)7-8-16/h11,16H,2-10,13H2,1H3. The highest BCUT2D eigenvalue weighted by Gasteiger charge is 2.22. The molecule has 1 unspecified atom stereocenters. The molecule has 1 fully saturated rings. The fraction of sp³-hybridized carbons (Fsp3) is 0.917. The van der Waals surface area contributed by atoms with Crippen LogP contribution >= 0.6 is 0 Å². The summed E-state index contributed by atoms with van der Waals surface area (Å²) in [6.07, 6.45) is 1.54. The van der Waals surface area contributed by atoms with Crippen molar-refractivity contribution in [2.45, 2.75) is 19.8 Å². The van der Waals surface area contributed by atoms with Crippen LogP contribution < -0.4 is 5.73 Å². The van der Waals surface area contributed by atoms with Gasteiger partial charge in [0.05, 0.1) is 6.61 Å². The molecule has 1 heterocycles. The summed E-state index contributed by atoms with van der Waals surface area (Å²) in [7, 11) is 0. The van der Waals surface area contributed by atoms with E-state index >= 15 is 0 Å². The molecule has 3 N–H and O–H groups in total. The lowest BCUT2D eigenvalue weighted by Crippen LogP contribution is -2.49. The zero-order chi connectivity index (χ0) is 12.7. The molecule has 1 atom stereocenters. The molecule has 0 spiro atoms. The Labute approximate surface area is 104 Å². The smallest absolute Gasteiger partial charge is 0.222 e. The van der Waals surface area contributed by atoms with Crippen molar-refractivity contribution in [3.8, 4) is 0 Å². The SMILES string of the molecule is CCC(CN)CC(=O)N1CCN(CCO)CC1. The zero-order valence-corrected chi connectivity index (χ0v) is 10.8. The van der Waals surface area contributed by atoms with E-state index in [-0.39, 0.29) is 12.5 Å². The molecule has 1 aliphatic rings. The Kier molecular flexibility index (Phi) is 6.47. The number of carbonyl (C=O) groups is 1. The van der Waals surface area contributed by atoms with Crippen LogP contribution in [0.3, 0.4) is 0 Å². The van der Waals surface area contributed by atoms with Crippen LogP contribution in [0.5, 0.6) is 0 Å². The Morgan fingerprint density at radius 1 is 1.35 bits per heavy atom. The van der Waals surface area contributed by atoms with E-state index in [4.69, 9.17) is 10.8 Å². The van der Waals surface area contributed by atoms with Crippen LogP contribution in [-0.4, -0.2) is 66.7 Å². The number of aliphatic hydroxyl groups excluding tert-OH is 1. The van der Waals surface area contributed by atoms with Gasteiger partial charge in [-0.2, -0.15) is 0 Å². The maximum Gasteiger partial charge on any atom is 0.222 e. The molecule has 5 heteroatoms. The molecule has 1 rings (SSSR count). The zero-order valence-electron chi connectivity index (χ0n) is 10.8. The number of aliphatic hydroxyl groups is 1. The van der Waals surface area contributed by atoms with E-state index in [2.05, 4.69) is 11.8 Å². The largest absolute Gasteiger partial charge is 0.395 e. The molecule has 1 amide bonds. The first-order valence-electron chi connectivity index (χ1n) is 6.52. The van der Waals surface area contributed by atoms with Crippen LogP contribution in [0.4, 0.5) is 0 Å². The van der Waals surface area contributed by atoms with Crippen molar-refractivity contribution < 1.29 is 9.90 Å². The van der Waals surface area contributed by atoms with E-state index in [0.29, 0.717) is 25.4 Å². The van der Waals surface area contributed by atoms with Gasteiger partial charge >= 0.3 is 0 Å². The number of hydrogen-bond acceptors (Lipinski definition) is 4. The monoisotopic (exact) mass is 243 g/mol. The number of β-amino-alcohol motifs (C(OH)–C–C–N with tert-alkyl or cyclic N) is 1. The van der Waals surface area contributed by atoms with Gasteiger partial charge in [0.1, 0.15) is 0 Å². The summed E-state index contributed by atoms with van der Waals surface area (Å²) in [6.45, 7) is 6.86. The summed E-state index contributed by atoms with van der Waals surface area (Å²) in [5, 5.41) is 8.84. The number of nitrogens with zero attached hydrogens (tertiary/aromatic N) is 2. The molecule has 0 saturated carbocycles. The molecule has 0 bridgehead atoms. The van der Waals surface area contributed by atoms with Gasteiger partial charge in [-0.1, -0.05) is 13.3 Å². The van der Waals surface area contributed by atoms with Gasteiger partial charge in [0.2, 0.25) is 5.91 Å². The first-order valence-corrected chi connectivity index (χ1v) is 6.52. The summed E-state index contributed by atoms with van der Waals surface area (Å²) in [4.78, 5) is 16.1. The first-order chi connectivity index (χ1) is 8.21. The summed E-state index contributed by atoms with van der Waals surface area (Å²) in [5.74, 6) is 0.545. The highest BCUT2D eigenvalue weighted by Crippen LogP contribution is 2.10. The third kappa shape index (κ3) is 4.61. The second-order valence-electron chi connectivity index (χ2n) is 4.66. The molecule has 0 aliphatic carbocycles. The highest BCUT2D eigenvalue weighted by molar-refractivity contribution is 5.76. The molecule has 0 radical (unpaired) electrons.